The number of halogens is 1. The number of rotatable bonds is 0. The second kappa shape index (κ2) is 2.02. The average molecular weight is 142 g/mol. The number of hydrogen-bond donors (Lipinski definition) is 1. The molecular weight excluding hydrogens is 135 g/mol. The third kappa shape index (κ3) is 0.885. The first-order valence-electron chi connectivity index (χ1n) is 2.86. The molecule has 3 heteroatoms. The number of carbonyl (C=O) groups excluding carboxylic acids is 1. The van der Waals surface area contributed by atoms with E-state index in [1.165, 1.54) is 6.08 Å². The predicted octanol–water partition coefficient (Wildman–Crippen LogP) is 0.730. The molecule has 1 N–H and O–H groups in total. The lowest BCUT2D eigenvalue weighted by Gasteiger charge is -2.19. The van der Waals surface area contributed by atoms with Gasteiger partial charge in [0.05, 0.1) is 0 Å². The van der Waals surface area contributed by atoms with Crippen LogP contribution in [-0.2, 0) is 4.79 Å². The molecule has 10 heavy (non-hydrogen) atoms. The van der Waals surface area contributed by atoms with Gasteiger partial charge in [0.1, 0.15) is 5.83 Å². The molecule has 0 aromatic carbocycles. The van der Waals surface area contributed by atoms with E-state index >= 15 is 0 Å². The van der Waals surface area contributed by atoms with Gasteiger partial charge in [0.25, 0.3) is 0 Å². The normalized spacial score (nSPS) is 32.3. The Morgan fingerprint density at radius 3 is 2.70 bits per heavy atom. The highest BCUT2D eigenvalue weighted by Gasteiger charge is 2.34. The van der Waals surface area contributed by atoms with Gasteiger partial charge in [0.15, 0.2) is 11.4 Å². The minimum Gasteiger partial charge on any atom is -0.375 e. The summed E-state index contributed by atoms with van der Waals surface area (Å²) in [5.74, 6) is -1.42. The molecule has 2 nitrogen and oxygen atoms in total. The van der Waals surface area contributed by atoms with Crippen molar-refractivity contribution in [2.45, 2.75) is 12.5 Å². The Kier molecular flexibility index (Phi) is 1.45. The van der Waals surface area contributed by atoms with Gasteiger partial charge >= 0.3 is 0 Å². The molecule has 0 saturated carbocycles. The lowest BCUT2D eigenvalue weighted by molar-refractivity contribution is -0.128. The average Bonchev–Trinajstić information content (AvgIpc) is 1.84. The smallest absolute Gasteiger partial charge is 0.193 e. The van der Waals surface area contributed by atoms with Crippen molar-refractivity contribution in [2.24, 2.45) is 0 Å². The van der Waals surface area contributed by atoms with Gasteiger partial charge in [-0.3, -0.25) is 4.79 Å². The Bertz CT molecular complexity index is 226. The van der Waals surface area contributed by atoms with Crippen LogP contribution in [0, 0.1) is 0 Å². The van der Waals surface area contributed by atoms with Gasteiger partial charge in [-0.15, -0.1) is 0 Å². The minimum atomic E-state index is -1.94. The summed E-state index contributed by atoms with van der Waals surface area (Å²) in [4.78, 5) is 10.7. The van der Waals surface area contributed by atoms with Gasteiger partial charge < -0.3 is 5.11 Å². The van der Waals surface area contributed by atoms with E-state index in [1.807, 2.05) is 0 Å². The molecule has 0 aromatic heterocycles. The van der Waals surface area contributed by atoms with Crippen LogP contribution in [0.1, 0.15) is 6.92 Å². The number of aliphatic hydroxyl groups is 1. The summed E-state index contributed by atoms with van der Waals surface area (Å²) in [7, 11) is 0. The lowest BCUT2D eigenvalue weighted by atomic mass is 9.95. The van der Waals surface area contributed by atoms with E-state index in [-0.39, 0.29) is 0 Å². The molecule has 0 amide bonds. The highest BCUT2D eigenvalue weighted by molar-refractivity contribution is 6.00. The molecule has 1 rings (SSSR count). The molecule has 1 atom stereocenters. The molecule has 0 bridgehead atoms. The van der Waals surface area contributed by atoms with Crippen molar-refractivity contribution < 1.29 is 14.3 Å². The van der Waals surface area contributed by atoms with Gasteiger partial charge in [-0.05, 0) is 19.1 Å². The van der Waals surface area contributed by atoms with E-state index < -0.39 is 17.2 Å². The molecule has 1 aliphatic rings. The molecule has 54 valence electrons. The van der Waals surface area contributed by atoms with Crippen LogP contribution < -0.4 is 0 Å². The van der Waals surface area contributed by atoms with E-state index in [0.717, 1.165) is 19.1 Å². The minimum absolute atomic E-state index is 0.618. The summed E-state index contributed by atoms with van der Waals surface area (Å²) in [5.41, 5.74) is -1.94. The second-order valence-electron chi connectivity index (χ2n) is 2.31. The number of allylic oxidation sites excluding steroid dienone is 2. The van der Waals surface area contributed by atoms with Gasteiger partial charge in [0.2, 0.25) is 0 Å². The summed E-state index contributed by atoms with van der Waals surface area (Å²) in [6.45, 7) is 1.13. The van der Waals surface area contributed by atoms with Crippen LogP contribution in [0.3, 0.4) is 0 Å². The second-order valence-corrected chi connectivity index (χ2v) is 2.31. The fraction of sp³-hybridized carbons (Fsp3) is 0.286. The van der Waals surface area contributed by atoms with Gasteiger partial charge in [0, 0.05) is 0 Å². The largest absolute Gasteiger partial charge is 0.375 e. The summed E-state index contributed by atoms with van der Waals surface area (Å²) in [6.07, 6.45) is 3.49. The van der Waals surface area contributed by atoms with Crippen LogP contribution in [0.4, 0.5) is 4.39 Å². The molecule has 0 saturated heterocycles. The third-order valence-corrected chi connectivity index (χ3v) is 1.43. The number of hydrogen-bond acceptors (Lipinski definition) is 2. The maximum Gasteiger partial charge on any atom is 0.193 e. The maximum atomic E-state index is 12.6. The monoisotopic (exact) mass is 142 g/mol. The Hall–Kier alpha value is -0.960. The molecule has 1 unspecified atom stereocenters. The Morgan fingerprint density at radius 2 is 2.30 bits per heavy atom. The van der Waals surface area contributed by atoms with Gasteiger partial charge in [-0.25, -0.2) is 4.39 Å². The highest BCUT2D eigenvalue weighted by Crippen LogP contribution is 2.22. The molecule has 0 heterocycles. The molecular formula is C7H7FO2. The van der Waals surface area contributed by atoms with Crippen molar-refractivity contribution in [1.82, 2.24) is 0 Å². The molecule has 0 fully saturated rings. The summed E-state index contributed by atoms with van der Waals surface area (Å²) in [6, 6.07) is 0. The van der Waals surface area contributed by atoms with E-state index in [4.69, 9.17) is 5.11 Å². The third-order valence-electron chi connectivity index (χ3n) is 1.43. The Labute approximate surface area is 57.7 Å². The van der Waals surface area contributed by atoms with Gasteiger partial charge in [-0.1, -0.05) is 6.08 Å². The number of ketones is 1. The highest BCUT2D eigenvalue weighted by atomic mass is 19.1. The fourth-order valence-electron chi connectivity index (χ4n) is 0.662. The Morgan fingerprint density at radius 1 is 1.70 bits per heavy atom. The molecule has 0 aliphatic heterocycles. The number of carbonyl (C=O) groups is 1. The summed E-state index contributed by atoms with van der Waals surface area (Å²) < 4.78 is 12.6. The van der Waals surface area contributed by atoms with Crippen LogP contribution in [0.25, 0.3) is 0 Å². The lowest BCUT2D eigenvalue weighted by Crippen LogP contribution is -2.35. The van der Waals surface area contributed by atoms with E-state index in [0.29, 0.717) is 0 Å². The van der Waals surface area contributed by atoms with Crippen LogP contribution >= 0.6 is 0 Å². The zero-order valence-electron chi connectivity index (χ0n) is 5.47. The van der Waals surface area contributed by atoms with Crippen molar-refractivity contribution in [3.05, 3.63) is 24.1 Å². The predicted molar refractivity (Wildman–Crippen MR) is 34.0 cm³/mol. The Balaban J connectivity index is 3.05. The maximum absolute atomic E-state index is 12.6. The van der Waals surface area contributed by atoms with Gasteiger partial charge in [-0.2, -0.15) is 0 Å². The zero-order chi connectivity index (χ0) is 7.78. The van der Waals surface area contributed by atoms with E-state index in [1.54, 1.807) is 0 Å². The quantitative estimate of drug-likeness (QED) is 0.541. The van der Waals surface area contributed by atoms with Crippen LogP contribution in [0.2, 0.25) is 0 Å². The first-order valence-corrected chi connectivity index (χ1v) is 2.86. The molecule has 1 aliphatic carbocycles. The van der Waals surface area contributed by atoms with Crippen molar-refractivity contribution in [3.8, 4) is 0 Å². The topological polar surface area (TPSA) is 37.3 Å². The zero-order valence-corrected chi connectivity index (χ0v) is 5.47. The summed E-state index contributed by atoms with van der Waals surface area (Å²) in [5, 5.41) is 9.07. The van der Waals surface area contributed by atoms with Crippen LogP contribution in [0.15, 0.2) is 24.1 Å². The van der Waals surface area contributed by atoms with Crippen molar-refractivity contribution in [3.63, 3.8) is 0 Å². The fourth-order valence-corrected chi connectivity index (χ4v) is 0.662. The van der Waals surface area contributed by atoms with E-state index in [9.17, 15) is 9.18 Å². The molecule has 0 radical (unpaired) electrons. The van der Waals surface area contributed by atoms with Crippen molar-refractivity contribution in [1.29, 1.82) is 0 Å². The first-order chi connectivity index (χ1) is 4.55. The van der Waals surface area contributed by atoms with Crippen molar-refractivity contribution in [2.75, 3.05) is 0 Å². The summed E-state index contributed by atoms with van der Waals surface area (Å²) >= 11 is 0. The first kappa shape index (κ1) is 7.15. The molecule has 0 spiro atoms. The molecule has 0 aromatic rings. The standard InChI is InChI=1S/C7H7FO2/c1-7(10)5(8)3-2-4-6(7)9/h2-4,10H,1H3. The van der Waals surface area contributed by atoms with Crippen molar-refractivity contribution >= 4 is 5.78 Å². The van der Waals surface area contributed by atoms with E-state index in [2.05, 4.69) is 0 Å². The SMILES string of the molecule is CC1(O)C(=O)C=CC=C1F. The van der Waals surface area contributed by atoms with Crippen LogP contribution in [-0.4, -0.2) is 16.5 Å². The van der Waals surface area contributed by atoms with Crippen LogP contribution in [0.5, 0.6) is 0 Å².